The maximum absolute atomic E-state index is 6.10. The molecule has 1 aliphatic carbocycles. The summed E-state index contributed by atoms with van der Waals surface area (Å²) in [6.45, 7) is 9.68. The Morgan fingerprint density at radius 3 is 1.89 bits per heavy atom. The summed E-state index contributed by atoms with van der Waals surface area (Å²) < 4.78 is 17.8. The van der Waals surface area contributed by atoms with Crippen LogP contribution in [0.2, 0.25) is 0 Å². The average molecular weight is 269 g/mol. The highest BCUT2D eigenvalue weighted by Crippen LogP contribution is 2.52. The van der Waals surface area contributed by atoms with Crippen LogP contribution in [0.3, 0.4) is 0 Å². The molecule has 2 atom stereocenters. The van der Waals surface area contributed by atoms with Crippen molar-refractivity contribution in [3.05, 3.63) is 0 Å². The van der Waals surface area contributed by atoms with Crippen LogP contribution in [0.25, 0.3) is 0 Å². The molecule has 0 aromatic carbocycles. The second-order valence-corrected chi connectivity index (χ2v) is 7.60. The van der Waals surface area contributed by atoms with Gasteiger partial charge in [0.05, 0.1) is 19.8 Å². The van der Waals surface area contributed by atoms with Gasteiger partial charge in [-0.05, 0) is 36.6 Å². The van der Waals surface area contributed by atoms with Gasteiger partial charge in [-0.2, -0.15) is 0 Å². The minimum absolute atomic E-state index is 0.0356. The summed E-state index contributed by atoms with van der Waals surface area (Å²) in [6, 6.07) is 0. The van der Waals surface area contributed by atoms with E-state index in [0.29, 0.717) is 6.54 Å². The smallest absolute Gasteiger partial charge is 0.283 e. The summed E-state index contributed by atoms with van der Waals surface area (Å²) >= 11 is 0. The van der Waals surface area contributed by atoms with Crippen molar-refractivity contribution >= 4 is 0 Å². The van der Waals surface area contributed by atoms with E-state index in [2.05, 4.69) is 20.8 Å². The Bertz CT molecular complexity index is 323. The fourth-order valence-electron chi connectivity index (χ4n) is 3.95. The predicted octanol–water partition coefficient (Wildman–Crippen LogP) is 2.12. The predicted molar refractivity (Wildman–Crippen MR) is 72.4 cm³/mol. The van der Waals surface area contributed by atoms with Crippen molar-refractivity contribution in [3.63, 3.8) is 0 Å². The van der Waals surface area contributed by atoms with Crippen LogP contribution >= 0.6 is 0 Å². The Balaban J connectivity index is 1.74. The van der Waals surface area contributed by atoms with E-state index in [0.717, 1.165) is 50.9 Å². The largest absolute Gasteiger partial charge is 0.330 e. The van der Waals surface area contributed by atoms with Crippen LogP contribution in [0, 0.1) is 22.7 Å². The van der Waals surface area contributed by atoms with Crippen LogP contribution in [0.5, 0.6) is 0 Å². The molecule has 1 saturated carbocycles. The molecule has 4 rings (SSSR count). The van der Waals surface area contributed by atoms with Gasteiger partial charge >= 0.3 is 0 Å². The van der Waals surface area contributed by atoms with Crippen molar-refractivity contribution in [1.29, 1.82) is 0 Å². The van der Waals surface area contributed by atoms with Gasteiger partial charge in [-0.3, -0.25) is 0 Å². The first kappa shape index (κ1) is 13.8. The number of rotatable bonds is 3. The van der Waals surface area contributed by atoms with Gasteiger partial charge in [0, 0.05) is 11.8 Å². The van der Waals surface area contributed by atoms with Crippen LogP contribution in [-0.4, -0.2) is 32.3 Å². The normalized spacial score (nSPS) is 48.6. The molecule has 0 spiro atoms. The van der Waals surface area contributed by atoms with Gasteiger partial charge in [-0.1, -0.05) is 20.8 Å². The second kappa shape index (κ2) is 4.42. The molecule has 3 heterocycles. The minimum Gasteiger partial charge on any atom is -0.330 e. The number of fused-ring (bicyclic) bond motifs is 3. The lowest BCUT2D eigenvalue weighted by molar-refractivity contribution is -0.473. The molecule has 3 saturated heterocycles. The highest BCUT2D eigenvalue weighted by atomic mass is 16.9. The van der Waals surface area contributed by atoms with E-state index in [9.17, 15) is 0 Å². The highest BCUT2D eigenvalue weighted by molar-refractivity contribution is 4.96. The molecule has 0 aromatic heterocycles. The Kier molecular flexibility index (Phi) is 3.21. The fourth-order valence-corrected chi connectivity index (χ4v) is 3.95. The number of nitrogens with two attached hydrogens (primary N) is 1. The monoisotopic (exact) mass is 269 g/mol. The lowest BCUT2D eigenvalue weighted by atomic mass is 9.79. The molecule has 0 unspecified atom stereocenters. The number of hydrogen-bond donors (Lipinski definition) is 1. The van der Waals surface area contributed by atoms with Crippen LogP contribution < -0.4 is 5.73 Å². The van der Waals surface area contributed by atoms with Crippen molar-refractivity contribution in [2.75, 3.05) is 26.4 Å². The molecule has 0 aromatic rings. The molecule has 4 nitrogen and oxygen atoms in total. The van der Waals surface area contributed by atoms with Gasteiger partial charge in [-0.15, -0.1) is 0 Å². The molecule has 2 bridgehead atoms. The van der Waals surface area contributed by atoms with Gasteiger partial charge in [0.25, 0.3) is 5.97 Å². The lowest BCUT2D eigenvalue weighted by Gasteiger charge is -2.52. The summed E-state index contributed by atoms with van der Waals surface area (Å²) in [6.07, 6.45) is 3.08. The van der Waals surface area contributed by atoms with Gasteiger partial charge in [0.15, 0.2) is 0 Å². The number of hydrogen-bond acceptors (Lipinski definition) is 4. The first-order valence-electron chi connectivity index (χ1n) is 7.52. The van der Waals surface area contributed by atoms with Crippen LogP contribution in [0.4, 0.5) is 0 Å². The summed E-state index contributed by atoms with van der Waals surface area (Å²) in [7, 11) is 0. The van der Waals surface area contributed by atoms with E-state index < -0.39 is 5.97 Å². The molecule has 3 aliphatic heterocycles. The van der Waals surface area contributed by atoms with Crippen LogP contribution in [-0.2, 0) is 14.2 Å². The third kappa shape index (κ3) is 2.33. The van der Waals surface area contributed by atoms with Crippen molar-refractivity contribution in [1.82, 2.24) is 0 Å². The highest BCUT2D eigenvalue weighted by Gasteiger charge is 2.55. The third-order valence-electron chi connectivity index (χ3n) is 5.43. The summed E-state index contributed by atoms with van der Waals surface area (Å²) in [5.41, 5.74) is 6.25. The SMILES string of the molecule is C[C@H]1CC(CN)(CC23OCC(C)(CO2)CO3)C[C@@H]1C. The fraction of sp³-hybridized carbons (Fsp3) is 1.00. The first-order valence-corrected chi connectivity index (χ1v) is 7.52. The first-order chi connectivity index (χ1) is 8.90. The standard InChI is InChI=1S/C15H27NO3/c1-11-4-14(7-16,5-12(11)2)6-15-17-8-13(3,9-18-15)10-19-15/h11-12H,4-10,16H2,1-3H3/t11-,12-,13?,15?/m0/s1. The van der Waals surface area contributed by atoms with E-state index in [1.165, 1.54) is 0 Å². The molecule has 0 amide bonds. The molecule has 19 heavy (non-hydrogen) atoms. The van der Waals surface area contributed by atoms with Gasteiger partial charge in [0.2, 0.25) is 0 Å². The summed E-state index contributed by atoms with van der Waals surface area (Å²) in [5, 5.41) is 0. The molecular formula is C15H27NO3. The van der Waals surface area contributed by atoms with E-state index in [1.54, 1.807) is 0 Å². The number of ether oxygens (including phenoxy) is 3. The lowest BCUT2D eigenvalue weighted by Crippen LogP contribution is -2.60. The Hall–Kier alpha value is -0.160. The summed E-state index contributed by atoms with van der Waals surface area (Å²) in [5.74, 6) is 0.621. The maximum Gasteiger partial charge on any atom is 0.283 e. The topological polar surface area (TPSA) is 53.7 Å². The summed E-state index contributed by atoms with van der Waals surface area (Å²) in [4.78, 5) is 0. The molecule has 4 aliphatic rings. The van der Waals surface area contributed by atoms with E-state index in [-0.39, 0.29) is 10.8 Å². The molecular weight excluding hydrogens is 242 g/mol. The zero-order valence-corrected chi connectivity index (χ0v) is 12.4. The van der Waals surface area contributed by atoms with Crippen molar-refractivity contribution in [3.8, 4) is 0 Å². The van der Waals surface area contributed by atoms with Crippen molar-refractivity contribution in [2.24, 2.45) is 28.4 Å². The van der Waals surface area contributed by atoms with E-state index in [1.807, 2.05) is 0 Å². The second-order valence-electron chi connectivity index (χ2n) is 7.60. The molecule has 4 heteroatoms. The van der Waals surface area contributed by atoms with E-state index >= 15 is 0 Å². The van der Waals surface area contributed by atoms with Crippen molar-refractivity contribution in [2.45, 2.75) is 46.0 Å². The quantitative estimate of drug-likeness (QED) is 0.852. The third-order valence-corrected chi connectivity index (χ3v) is 5.43. The van der Waals surface area contributed by atoms with Gasteiger partial charge in [0.1, 0.15) is 0 Å². The minimum atomic E-state index is -0.819. The van der Waals surface area contributed by atoms with Crippen LogP contribution in [0.15, 0.2) is 0 Å². The molecule has 2 N–H and O–H groups in total. The Morgan fingerprint density at radius 2 is 1.47 bits per heavy atom. The van der Waals surface area contributed by atoms with Crippen molar-refractivity contribution < 1.29 is 14.2 Å². The Morgan fingerprint density at radius 1 is 1.00 bits per heavy atom. The maximum atomic E-state index is 6.10. The molecule has 0 radical (unpaired) electrons. The Labute approximate surface area is 116 Å². The zero-order valence-electron chi connectivity index (χ0n) is 12.4. The average Bonchev–Trinajstić information content (AvgIpc) is 2.67. The van der Waals surface area contributed by atoms with Gasteiger partial charge < -0.3 is 19.9 Å². The van der Waals surface area contributed by atoms with Gasteiger partial charge in [-0.25, -0.2) is 0 Å². The van der Waals surface area contributed by atoms with E-state index in [4.69, 9.17) is 19.9 Å². The molecule has 4 fully saturated rings. The molecule has 110 valence electrons. The van der Waals surface area contributed by atoms with Crippen LogP contribution in [0.1, 0.15) is 40.0 Å². The zero-order chi connectivity index (χ0) is 13.7.